The van der Waals surface area contributed by atoms with Crippen molar-refractivity contribution in [1.82, 2.24) is 5.32 Å². The predicted octanol–water partition coefficient (Wildman–Crippen LogP) is 3.39. The molecule has 2 unspecified atom stereocenters. The van der Waals surface area contributed by atoms with Crippen LogP contribution in [0.2, 0.25) is 0 Å². The number of amides is 1. The monoisotopic (exact) mass is 213 g/mol. The fraction of sp³-hybridized carbons (Fsp3) is 0.769. The summed E-state index contributed by atoms with van der Waals surface area (Å²) in [5.41, 5.74) is 0. The molecule has 90 valence electrons. The molecular formula is C13H27NO. The van der Waals surface area contributed by atoms with Gasteiger partial charge >= 0.3 is 0 Å². The molecule has 15 heavy (non-hydrogen) atoms. The lowest BCUT2D eigenvalue weighted by atomic mass is 9.90. The van der Waals surface area contributed by atoms with Crippen LogP contribution in [0.25, 0.3) is 0 Å². The van der Waals surface area contributed by atoms with Gasteiger partial charge in [0.15, 0.2) is 0 Å². The van der Waals surface area contributed by atoms with Crippen molar-refractivity contribution in [3.05, 3.63) is 12.2 Å². The van der Waals surface area contributed by atoms with Crippen molar-refractivity contribution in [2.45, 2.75) is 47.5 Å². The number of carbonyl (C=O) groups is 1. The van der Waals surface area contributed by atoms with Gasteiger partial charge in [0.05, 0.1) is 0 Å². The number of allylic oxidation sites excluding steroid dienone is 2. The zero-order valence-corrected chi connectivity index (χ0v) is 11.1. The Bertz CT molecular complexity index is 175. The highest BCUT2D eigenvalue weighted by Gasteiger charge is 2.13. The van der Waals surface area contributed by atoms with Gasteiger partial charge in [-0.2, -0.15) is 0 Å². The average molecular weight is 213 g/mol. The van der Waals surface area contributed by atoms with Gasteiger partial charge in [0.1, 0.15) is 0 Å². The first-order valence-electron chi connectivity index (χ1n) is 5.93. The normalized spacial score (nSPS) is 14.0. The predicted molar refractivity (Wildman–Crippen MR) is 67.8 cm³/mol. The summed E-state index contributed by atoms with van der Waals surface area (Å²) < 4.78 is 0. The molecule has 0 bridgehead atoms. The lowest BCUT2D eigenvalue weighted by Gasteiger charge is -2.17. The molecule has 0 radical (unpaired) electrons. The van der Waals surface area contributed by atoms with Crippen LogP contribution in [0.4, 0.5) is 0 Å². The Labute approximate surface area is 95.1 Å². The maximum absolute atomic E-state index is 11.1. The van der Waals surface area contributed by atoms with Crippen LogP contribution in [0, 0.1) is 11.8 Å². The molecule has 0 aromatic rings. The van der Waals surface area contributed by atoms with Crippen LogP contribution in [0.15, 0.2) is 12.2 Å². The number of rotatable bonds is 5. The summed E-state index contributed by atoms with van der Waals surface area (Å²) in [6.45, 7) is 10.3. The lowest BCUT2D eigenvalue weighted by Crippen LogP contribution is -2.22. The topological polar surface area (TPSA) is 29.1 Å². The Morgan fingerprint density at radius 3 is 2.20 bits per heavy atom. The molecule has 0 rings (SSSR count). The second kappa shape index (κ2) is 11.3. The molecule has 0 aromatic heterocycles. The third-order valence-electron chi connectivity index (χ3n) is 2.50. The van der Waals surface area contributed by atoms with Gasteiger partial charge < -0.3 is 5.32 Å². The molecule has 2 heteroatoms. The Kier molecular flexibility index (Phi) is 12.5. The van der Waals surface area contributed by atoms with Gasteiger partial charge in [0, 0.05) is 13.5 Å². The van der Waals surface area contributed by atoms with E-state index in [0.29, 0.717) is 18.3 Å². The molecule has 0 aliphatic carbocycles. The summed E-state index contributed by atoms with van der Waals surface area (Å²) in [6.07, 6.45) is 5.91. The quantitative estimate of drug-likeness (QED) is 0.697. The molecule has 0 saturated heterocycles. The summed E-state index contributed by atoms with van der Waals surface area (Å²) in [5.74, 6) is 1.17. The van der Waals surface area contributed by atoms with E-state index in [9.17, 15) is 4.79 Å². The smallest absolute Gasteiger partial charge is 0.220 e. The van der Waals surface area contributed by atoms with Crippen LogP contribution in [0.5, 0.6) is 0 Å². The lowest BCUT2D eigenvalue weighted by molar-refractivity contribution is -0.121. The van der Waals surface area contributed by atoms with E-state index in [2.05, 4.69) is 31.3 Å². The first-order chi connectivity index (χ1) is 7.11. The van der Waals surface area contributed by atoms with Gasteiger partial charge in [-0.25, -0.2) is 0 Å². The fourth-order valence-electron chi connectivity index (χ4n) is 1.18. The Morgan fingerprint density at radius 2 is 1.80 bits per heavy atom. The zero-order chi connectivity index (χ0) is 12.3. The Hall–Kier alpha value is -0.790. The first-order valence-corrected chi connectivity index (χ1v) is 5.93. The molecule has 2 atom stereocenters. The van der Waals surface area contributed by atoms with Gasteiger partial charge in [-0.3, -0.25) is 4.79 Å². The molecular weight excluding hydrogens is 186 g/mol. The summed E-state index contributed by atoms with van der Waals surface area (Å²) in [6, 6.07) is 0. The van der Waals surface area contributed by atoms with Gasteiger partial charge in [-0.15, -0.1) is 0 Å². The molecule has 0 aliphatic rings. The Morgan fingerprint density at radius 1 is 1.27 bits per heavy atom. The van der Waals surface area contributed by atoms with Crippen LogP contribution in [-0.2, 0) is 4.79 Å². The van der Waals surface area contributed by atoms with Crippen molar-refractivity contribution in [1.29, 1.82) is 0 Å². The van der Waals surface area contributed by atoms with E-state index in [1.807, 2.05) is 20.8 Å². The minimum Gasteiger partial charge on any atom is -0.359 e. The highest BCUT2D eigenvalue weighted by molar-refractivity contribution is 5.75. The SMILES string of the molecule is C/C=C/CC(C)C(C)CC(=O)NC.CC. The van der Waals surface area contributed by atoms with Crippen LogP contribution in [-0.4, -0.2) is 13.0 Å². The largest absolute Gasteiger partial charge is 0.359 e. The zero-order valence-electron chi connectivity index (χ0n) is 11.1. The van der Waals surface area contributed by atoms with Crippen LogP contribution in [0.1, 0.15) is 47.5 Å². The standard InChI is InChI=1S/C11H21NO.C2H6/c1-5-6-7-9(2)10(3)8-11(13)12-4;1-2/h5-6,9-10H,7-8H2,1-4H3,(H,12,13);1-2H3/b6-5+;. The molecule has 0 fully saturated rings. The van der Waals surface area contributed by atoms with Crippen molar-refractivity contribution in [3.8, 4) is 0 Å². The van der Waals surface area contributed by atoms with E-state index in [4.69, 9.17) is 0 Å². The van der Waals surface area contributed by atoms with E-state index in [-0.39, 0.29) is 5.91 Å². The van der Waals surface area contributed by atoms with E-state index in [1.165, 1.54) is 0 Å². The Balaban J connectivity index is 0. The van der Waals surface area contributed by atoms with Crippen LogP contribution in [0.3, 0.4) is 0 Å². The molecule has 1 amide bonds. The van der Waals surface area contributed by atoms with E-state index >= 15 is 0 Å². The third kappa shape index (κ3) is 9.51. The van der Waals surface area contributed by atoms with Gasteiger partial charge in [0.2, 0.25) is 5.91 Å². The van der Waals surface area contributed by atoms with Crippen LogP contribution >= 0.6 is 0 Å². The molecule has 0 heterocycles. The maximum atomic E-state index is 11.1. The summed E-state index contributed by atoms with van der Waals surface area (Å²) in [7, 11) is 1.69. The second-order valence-corrected chi connectivity index (χ2v) is 3.64. The molecule has 1 N–H and O–H groups in total. The van der Waals surface area contributed by atoms with Crippen molar-refractivity contribution in [2.24, 2.45) is 11.8 Å². The van der Waals surface area contributed by atoms with E-state index < -0.39 is 0 Å². The fourth-order valence-corrected chi connectivity index (χ4v) is 1.18. The van der Waals surface area contributed by atoms with Gasteiger partial charge in [0.25, 0.3) is 0 Å². The summed E-state index contributed by atoms with van der Waals surface area (Å²) in [4.78, 5) is 11.1. The van der Waals surface area contributed by atoms with Crippen molar-refractivity contribution in [3.63, 3.8) is 0 Å². The second-order valence-electron chi connectivity index (χ2n) is 3.64. The highest BCUT2D eigenvalue weighted by Crippen LogP contribution is 2.18. The number of hydrogen-bond donors (Lipinski definition) is 1. The summed E-state index contributed by atoms with van der Waals surface area (Å²) >= 11 is 0. The number of nitrogens with one attached hydrogen (secondary N) is 1. The minimum atomic E-state index is 0.139. The molecule has 2 nitrogen and oxygen atoms in total. The maximum Gasteiger partial charge on any atom is 0.220 e. The van der Waals surface area contributed by atoms with E-state index in [0.717, 1.165) is 6.42 Å². The average Bonchev–Trinajstić information content (AvgIpc) is 2.28. The van der Waals surface area contributed by atoms with Gasteiger partial charge in [-0.05, 0) is 25.2 Å². The van der Waals surface area contributed by atoms with Crippen LogP contribution < -0.4 is 5.32 Å². The van der Waals surface area contributed by atoms with E-state index in [1.54, 1.807) is 7.05 Å². The first kappa shape index (κ1) is 16.6. The third-order valence-corrected chi connectivity index (χ3v) is 2.50. The highest BCUT2D eigenvalue weighted by atomic mass is 16.1. The molecule has 0 saturated carbocycles. The molecule has 0 aromatic carbocycles. The number of carbonyl (C=O) groups excluding carboxylic acids is 1. The molecule has 0 spiro atoms. The van der Waals surface area contributed by atoms with Gasteiger partial charge in [-0.1, -0.05) is 39.8 Å². The van der Waals surface area contributed by atoms with Crippen molar-refractivity contribution >= 4 is 5.91 Å². The van der Waals surface area contributed by atoms with Crippen molar-refractivity contribution < 1.29 is 4.79 Å². The molecule has 0 aliphatic heterocycles. The van der Waals surface area contributed by atoms with Crippen molar-refractivity contribution in [2.75, 3.05) is 7.05 Å². The summed E-state index contributed by atoms with van der Waals surface area (Å²) in [5, 5.41) is 2.65. The minimum absolute atomic E-state index is 0.139. The number of hydrogen-bond acceptors (Lipinski definition) is 1.